The molecule has 1 aliphatic carbocycles. The Labute approximate surface area is 231 Å². The second kappa shape index (κ2) is 11.4. The van der Waals surface area contributed by atoms with E-state index in [4.69, 9.17) is 4.74 Å². The van der Waals surface area contributed by atoms with Gasteiger partial charge >= 0.3 is 6.61 Å². The minimum atomic E-state index is -3.13. The molecule has 10 nitrogen and oxygen atoms in total. The zero-order valence-electron chi connectivity index (χ0n) is 21.8. The lowest BCUT2D eigenvalue weighted by atomic mass is 9.97. The van der Waals surface area contributed by atoms with Crippen LogP contribution in [0.1, 0.15) is 56.9 Å². The van der Waals surface area contributed by atoms with Crippen molar-refractivity contribution in [2.75, 3.05) is 25.0 Å². The highest BCUT2D eigenvalue weighted by molar-refractivity contribution is 6.05. The molecule has 5 rings (SSSR count). The van der Waals surface area contributed by atoms with Crippen LogP contribution in [0.25, 0.3) is 11.1 Å². The summed E-state index contributed by atoms with van der Waals surface area (Å²) in [6.45, 7) is -1.50. The number of amides is 2. The highest BCUT2D eigenvalue weighted by Gasteiger charge is 2.33. The van der Waals surface area contributed by atoms with E-state index in [-0.39, 0.29) is 65.4 Å². The first-order valence-corrected chi connectivity index (χ1v) is 12.9. The molecule has 2 amide bonds. The Kier molecular flexibility index (Phi) is 7.77. The van der Waals surface area contributed by atoms with Crippen molar-refractivity contribution in [1.29, 1.82) is 0 Å². The van der Waals surface area contributed by atoms with Crippen LogP contribution >= 0.6 is 0 Å². The van der Waals surface area contributed by atoms with Crippen molar-refractivity contribution in [1.82, 2.24) is 14.5 Å². The number of aromatic nitrogens is 2. The Bertz CT molecular complexity index is 1570. The number of alkyl halides is 3. The number of hydrogen-bond donors (Lipinski definition) is 1. The number of hydrogen-bond acceptors (Lipinski definition) is 7. The third-order valence-corrected chi connectivity index (χ3v) is 6.60. The van der Waals surface area contributed by atoms with Crippen LogP contribution < -0.4 is 20.3 Å². The van der Waals surface area contributed by atoms with E-state index in [1.54, 1.807) is 6.92 Å². The Morgan fingerprint density at radius 2 is 1.90 bits per heavy atom. The van der Waals surface area contributed by atoms with Gasteiger partial charge in [-0.2, -0.15) is 13.8 Å². The molecule has 0 bridgehead atoms. The highest BCUT2D eigenvalue weighted by Crippen LogP contribution is 2.35. The second-order valence-electron chi connectivity index (χ2n) is 9.61. The number of ether oxygens (including phenoxy) is 2. The molecule has 0 atom stereocenters. The maximum atomic E-state index is 13.5. The van der Waals surface area contributed by atoms with E-state index < -0.39 is 30.2 Å². The van der Waals surface area contributed by atoms with E-state index in [9.17, 15) is 32.3 Å². The summed E-state index contributed by atoms with van der Waals surface area (Å²) in [6, 6.07) is 7.79. The maximum Gasteiger partial charge on any atom is 0.387 e. The number of likely N-dealkylation sites (tertiary alicyclic amines) is 1. The predicted molar refractivity (Wildman–Crippen MR) is 141 cm³/mol. The molecule has 1 aromatic carbocycles. The Hall–Kier alpha value is -4.68. The smallest absolute Gasteiger partial charge is 0.387 e. The van der Waals surface area contributed by atoms with Crippen molar-refractivity contribution < 1.29 is 37.0 Å². The van der Waals surface area contributed by atoms with Crippen LogP contribution in [-0.4, -0.2) is 65.0 Å². The molecule has 2 fully saturated rings. The number of aldehydes is 1. The van der Waals surface area contributed by atoms with Crippen LogP contribution in [-0.2, 0) is 0 Å². The molecule has 3 aromatic rings. The first-order valence-electron chi connectivity index (χ1n) is 12.9. The molecule has 2 aliphatic rings. The van der Waals surface area contributed by atoms with Gasteiger partial charge in [-0.25, -0.2) is 4.39 Å². The minimum absolute atomic E-state index is 0.0352. The van der Waals surface area contributed by atoms with E-state index >= 15 is 0 Å². The first-order chi connectivity index (χ1) is 19.7. The molecule has 13 heteroatoms. The molecule has 3 heterocycles. The third kappa shape index (κ3) is 6.08. The minimum Gasteiger partial charge on any atom is -0.478 e. The van der Waals surface area contributed by atoms with Gasteiger partial charge in [0.1, 0.15) is 23.3 Å². The molecular weight excluding hydrogens is 545 g/mol. The fraction of sp³-hybridized carbons (Fsp3) is 0.321. The van der Waals surface area contributed by atoms with Gasteiger partial charge in [-0.3, -0.25) is 19.2 Å². The fourth-order valence-corrected chi connectivity index (χ4v) is 4.49. The van der Waals surface area contributed by atoms with Gasteiger partial charge in [0.2, 0.25) is 5.88 Å². The number of carbonyl (C=O) groups is 3. The number of pyridine rings is 2. The fourth-order valence-electron chi connectivity index (χ4n) is 4.49. The third-order valence-electron chi connectivity index (χ3n) is 6.60. The van der Waals surface area contributed by atoms with Crippen molar-refractivity contribution in [3.05, 3.63) is 69.6 Å². The molecule has 0 unspecified atom stereocenters. The standard InChI is InChI=1S/C28H25F3N4O6/c1-2-40-24-9-16(20-6-5-19(41-28(30)31)10-21(20)26(38)34-12-17(29)13-34)8-23(32-24)33-25(37)22-7-15(14-36)11-35(27(22)39)18-3-4-18/h5-11,14,17-18,28H,2-4,12-13H2,1H3,(H,32,33,37). The van der Waals surface area contributed by atoms with E-state index in [1.165, 1.54) is 46.0 Å². The lowest BCUT2D eigenvalue weighted by molar-refractivity contribution is -0.0499. The molecule has 1 saturated heterocycles. The van der Waals surface area contributed by atoms with Gasteiger partial charge in [-0.15, -0.1) is 0 Å². The largest absolute Gasteiger partial charge is 0.478 e. The Morgan fingerprint density at radius 1 is 1.15 bits per heavy atom. The van der Waals surface area contributed by atoms with Gasteiger partial charge in [0.05, 0.1) is 25.3 Å². The van der Waals surface area contributed by atoms with Crippen LogP contribution in [0.2, 0.25) is 0 Å². The van der Waals surface area contributed by atoms with Gasteiger partial charge in [-0.05, 0) is 61.2 Å². The maximum absolute atomic E-state index is 13.5. The van der Waals surface area contributed by atoms with Gasteiger partial charge in [-0.1, -0.05) is 0 Å². The molecule has 0 spiro atoms. The monoisotopic (exact) mass is 570 g/mol. The van der Waals surface area contributed by atoms with Gasteiger partial charge in [0.15, 0.2) is 6.29 Å². The van der Waals surface area contributed by atoms with Crippen LogP contribution in [0.4, 0.5) is 19.0 Å². The van der Waals surface area contributed by atoms with Crippen LogP contribution in [0, 0.1) is 0 Å². The van der Waals surface area contributed by atoms with Crippen molar-refractivity contribution >= 4 is 23.9 Å². The summed E-state index contributed by atoms with van der Waals surface area (Å²) in [5.74, 6) is -1.65. The molecule has 41 heavy (non-hydrogen) atoms. The van der Waals surface area contributed by atoms with Crippen molar-refractivity contribution in [3.8, 4) is 22.8 Å². The quantitative estimate of drug-likeness (QED) is 0.365. The summed E-state index contributed by atoms with van der Waals surface area (Å²) >= 11 is 0. The average molecular weight is 571 g/mol. The summed E-state index contributed by atoms with van der Waals surface area (Å²) in [7, 11) is 0. The van der Waals surface area contributed by atoms with E-state index in [1.807, 2.05) is 0 Å². The lowest BCUT2D eigenvalue weighted by Gasteiger charge is -2.34. The normalized spacial score (nSPS) is 14.9. The van der Waals surface area contributed by atoms with Crippen molar-refractivity contribution in [2.45, 2.75) is 38.6 Å². The van der Waals surface area contributed by atoms with Crippen LogP contribution in [0.5, 0.6) is 11.6 Å². The number of anilines is 1. The molecule has 2 aromatic heterocycles. The number of carbonyl (C=O) groups excluding carboxylic acids is 3. The molecular formula is C28H25F3N4O6. The van der Waals surface area contributed by atoms with Crippen molar-refractivity contribution in [3.63, 3.8) is 0 Å². The summed E-state index contributed by atoms with van der Waals surface area (Å²) in [5.41, 5.74) is -0.104. The molecule has 1 N–H and O–H groups in total. The van der Waals surface area contributed by atoms with Crippen molar-refractivity contribution in [2.24, 2.45) is 0 Å². The average Bonchev–Trinajstić information content (AvgIpc) is 3.76. The summed E-state index contributed by atoms with van der Waals surface area (Å²) in [5, 5.41) is 2.55. The molecule has 214 valence electrons. The van der Waals surface area contributed by atoms with Crippen LogP contribution in [0.3, 0.4) is 0 Å². The Morgan fingerprint density at radius 3 is 2.54 bits per heavy atom. The Balaban J connectivity index is 1.53. The molecule has 1 aliphatic heterocycles. The van der Waals surface area contributed by atoms with Gasteiger partial charge in [0, 0.05) is 23.9 Å². The number of halogens is 3. The number of nitrogens with zero attached hydrogens (tertiary/aromatic N) is 3. The van der Waals surface area contributed by atoms with E-state index in [0.717, 1.165) is 18.9 Å². The zero-order valence-corrected chi connectivity index (χ0v) is 21.8. The van der Waals surface area contributed by atoms with E-state index in [0.29, 0.717) is 11.8 Å². The lowest BCUT2D eigenvalue weighted by Crippen LogP contribution is -2.51. The summed E-state index contributed by atoms with van der Waals surface area (Å²) in [6.07, 6.45) is 2.30. The first kappa shape index (κ1) is 27.9. The molecule has 1 saturated carbocycles. The number of benzene rings is 1. The van der Waals surface area contributed by atoms with Gasteiger partial charge in [0.25, 0.3) is 17.4 Å². The topological polar surface area (TPSA) is 120 Å². The predicted octanol–water partition coefficient (Wildman–Crippen LogP) is 4.10. The summed E-state index contributed by atoms with van der Waals surface area (Å²) < 4.78 is 50.7. The summed E-state index contributed by atoms with van der Waals surface area (Å²) in [4.78, 5) is 56.3. The van der Waals surface area contributed by atoms with E-state index in [2.05, 4.69) is 15.0 Å². The number of nitrogens with one attached hydrogen (secondary N) is 1. The highest BCUT2D eigenvalue weighted by atomic mass is 19.3. The zero-order chi connectivity index (χ0) is 29.3. The number of rotatable bonds is 10. The molecule has 0 radical (unpaired) electrons. The SMILES string of the molecule is CCOc1cc(-c2ccc(OC(F)F)cc2C(=O)N2CC(F)C2)cc(NC(=O)c2cc(C=O)cn(C3CC3)c2=O)n1. The second-order valence-corrected chi connectivity index (χ2v) is 9.61. The van der Waals surface area contributed by atoms with Gasteiger partial charge < -0.3 is 24.3 Å². The van der Waals surface area contributed by atoms with Crippen LogP contribution in [0.15, 0.2) is 47.4 Å².